The average molecular weight is 491 g/mol. The predicted octanol–water partition coefficient (Wildman–Crippen LogP) is 6.37. The molecule has 0 amide bonds. The maximum Gasteiger partial charge on any atom is 0.240 e. The first kappa shape index (κ1) is 27.7. The summed E-state index contributed by atoms with van der Waals surface area (Å²) < 4.78 is 25.6. The van der Waals surface area contributed by atoms with Crippen LogP contribution >= 0.6 is 0 Å². The molecule has 3 aromatic carbocycles. The molecule has 184 valence electrons. The van der Waals surface area contributed by atoms with Crippen LogP contribution in [0, 0.1) is 0 Å². The van der Waals surface area contributed by atoms with Gasteiger partial charge in [0.2, 0.25) is 10.0 Å². The Morgan fingerprint density at radius 1 is 0.686 bits per heavy atom. The van der Waals surface area contributed by atoms with E-state index in [2.05, 4.69) is 66.2 Å². The maximum absolute atomic E-state index is 11.5. The molecule has 0 radical (unpaired) electrons. The van der Waals surface area contributed by atoms with E-state index in [0.717, 1.165) is 22.5 Å². The normalized spacial score (nSPS) is 10.8. The topological polar surface area (TPSA) is 76.9 Å². The fourth-order valence-corrected chi connectivity index (χ4v) is 4.38. The third kappa shape index (κ3) is 8.02. The minimum atomic E-state index is -3.31. The van der Waals surface area contributed by atoms with Crippen molar-refractivity contribution in [3.05, 3.63) is 104 Å². The lowest BCUT2D eigenvalue weighted by Gasteiger charge is -2.08. The number of sulfonamides is 1. The van der Waals surface area contributed by atoms with E-state index >= 15 is 0 Å². The van der Waals surface area contributed by atoms with Crippen LogP contribution in [0.1, 0.15) is 33.7 Å². The Labute approximate surface area is 209 Å². The molecule has 0 saturated heterocycles. The summed E-state index contributed by atoms with van der Waals surface area (Å²) in [6, 6.07) is 28.9. The Morgan fingerprint density at radius 2 is 1.06 bits per heavy atom. The van der Waals surface area contributed by atoms with Gasteiger partial charge in [-0.1, -0.05) is 78.9 Å². The van der Waals surface area contributed by atoms with Gasteiger partial charge in [0.25, 0.3) is 0 Å². The minimum Gasteiger partial charge on any atom is -0.209 e. The van der Waals surface area contributed by atoms with Gasteiger partial charge in [0.15, 0.2) is 0 Å². The van der Waals surface area contributed by atoms with Crippen molar-refractivity contribution in [1.82, 2.24) is 19.7 Å². The van der Waals surface area contributed by atoms with Gasteiger partial charge >= 0.3 is 0 Å². The molecule has 0 spiro atoms. The van der Waals surface area contributed by atoms with Gasteiger partial charge in [0.05, 0.1) is 10.9 Å². The van der Waals surface area contributed by atoms with Crippen molar-refractivity contribution in [2.24, 2.45) is 0 Å². The zero-order valence-electron chi connectivity index (χ0n) is 20.8. The van der Waals surface area contributed by atoms with Crippen molar-refractivity contribution in [3.63, 3.8) is 0 Å². The number of nitrogens with zero attached hydrogens (tertiary/aromatic N) is 3. The molecule has 35 heavy (non-hydrogen) atoms. The molecule has 0 aliphatic heterocycles. The molecule has 7 heteroatoms. The first-order valence-electron chi connectivity index (χ1n) is 11.4. The Balaban J connectivity index is 0.000000251. The van der Waals surface area contributed by atoms with Crippen molar-refractivity contribution in [1.29, 1.82) is 0 Å². The van der Waals surface area contributed by atoms with E-state index in [4.69, 9.17) is 0 Å². The first-order valence-corrected chi connectivity index (χ1v) is 12.9. The van der Waals surface area contributed by atoms with Crippen molar-refractivity contribution in [3.8, 4) is 22.5 Å². The first-order chi connectivity index (χ1) is 16.8. The van der Waals surface area contributed by atoms with Gasteiger partial charge in [0.1, 0.15) is 11.4 Å². The molecule has 0 saturated carbocycles. The molecule has 4 rings (SSSR count). The largest absolute Gasteiger partial charge is 0.240 e. The zero-order chi connectivity index (χ0) is 25.8. The summed E-state index contributed by atoms with van der Waals surface area (Å²) >= 11 is 0. The van der Waals surface area contributed by atoms with E-state index in [9.17, 15) is 8.42 Å². The highest BCUT2D eigenvalue weighted by molar-refractivity contribution is 7.89. The molecule has 0 unspecified atom stereocenters. The minimum absolute atomic E-state index is 0.0785. The predicted molar refractivity (Wildman–Crippen MR) is 144 cm³/mol. The van der Waals surface area contributed by atoms with Crippen molar-refractivity contribution >= 4 is 10.0 Å². The summed E-state index contributed by atoms with van der Waals surface area (Å²) in [5.74, 6) is 0. The average Bonchev–Trinajstić information content (AvgIpc) is 3.33. The summed E-state index contributed by atoms with van der Waals surface area (Å²) in [5, 5.41) is 9.32. The smallest absolute Gasteiger partial charge is 0.209 e. The summed E-state index contributed by atoms with van der Waals surface area (Å²) in [5.41, 5.74) is 4.06. The van der Waals surface area contributed by atoms with Crippen LogP contribution < -0.4 is 4.72 Å². The number of hydrogen-bond acceptors (Lipinski definition) is 4. The van der Waals surface area contributed by atoms with Gasteiger partial charge in [-0.15, -0.1) is 13.2 Å². The van der Waals surface area contributed by atoms with E-state index in [1.165, 1.54) is 0 Å². The SMILES string of the molecule is C=C.CC(C)NS(=O)(=O)c1ccccc1.CC(C)n1nc(-c2ccccc2)c(-c2ccccc2)n1. The number of aromatic nitrogens is 3. The van der Waals surface area contributed by atoms with Crippen LogP contribution in [0.2, 0.25) is 0 Å². The van der Waals surface area contributed by atoms with Gasteiger partial charge in [0, 0.05) is 17.2 Å². The van der Waals surface area contributed by atoms with Crippen LogP contribution in [-0.2, 0) is 10.0 Å². The van der Waals surface area contributed by atoms with Crippen LogP contribution in [0.4, 0.5) is 0 Å². The lowest BCUT2D eigenvalue weighted by atomic mass is 10.1. The molecule has 1 N–H and O–H groups in total. The second kappa shape index (κ2) is 13.4. The van der Waals surface area contributed by atoms with E-state index in [0.29, 0.717) is 4.90 Å². The quantitative estimate of drug-likeness (QED) is 0.319. The fraction of sp³-hybridized carbons (Fsp3) is 0.214. The third-order valence-electron chi connectivity index (χ3n) is 4.63. The second-order valence-electron chi connectivity index (χ2n) is 8.13. The van der Waals surface area contributed by atoms with Gasteiger partial charge < -0.3 is 0 Å². The molecule has 0 fully saturated rings. The van der Waals surface area contributed by atoms with Crippen molar-refractivity contribution in [2.75, 3.05) is 0 Å². The molecule has 4 aromatic rings. The van der Waals surface area contributed by atoms with Crippen molar-refractivity contribution < 1.29 is 8.42 Å². The zero-order valence-corrected chi connectivity index (χ0v) is 21.6. The molecular weight excluding hydrogens is 456 g/mol. The highest BCUT2D eigenvalue weighted by Gasteiger charge is 2.16. The van der Waals surface area contributed by atoms with E-state index in [1.54, 1.807) is 49.0 Å². The van der Waals surface area contributed by atoms with Gasteiger partial charge in [-0.2, -0.15) is 15.0 Å². The Morgan fingerprint density at radius 3 is 1.40 bits per heavy atom. The molecule has 0 aliphatic carbocycles. The Kier molecular flexibility index (Phi) is 10.6. The van der Waals surface area contributed by atoms with Crippen LogP contribution in [0.5, 0.6) is 0 Å². The standard InChI is InChI=1S/C17H17N3.C9H13NO2S.C2H4/c1-13(2)20-18-16(14-9-5-3-6-10-14)17(19-20)15-11-7-4-8-12-15;1-8(2)10-13(11,12)9-6-4-3-5-7-9;1-2/h3-13H,1-2H3;3-8,10H,1-2H3;1-2H2. The van der Waals surface area contributed by atoms with Crippen LogP contribution in [0.25, 0.3) is 22.5 Å². The Hall–Kier alpha value is -3.55. The molecule has 1 aromatic heterocycles. The van der Waals surface area contributed by atoms with Crippen LogP contribution in [-0.4, -0.2) is 29.5 Å². The fourth-order valence-electron chi connectivity index (χ4n) is 3.11. The van der Waals surface area contributed by atoms with Crippen LogP contribution in [0.15, 0.2) is 109 Å². The van der Waals surface area contributed by atoms with E-state index < -0.39 is 10.0 Å². The summed E-state index contributed by atoms with van der Waals surface area (Å²) in [4.78, 5) is 2.09. The third-order valence-corrected chi connectivity index (χ3v) is 6.30. The maximum atomic E-state index is 11.5. The van der Waals surface area contributed by atoms with Crippen LogP contribution in [0.3, 0.4) is 0 Å². The molecule has 0 aliphatic rings. The Bertz CT molecular complexity index is 1200. The lowest BCUT2D eigenvalue weighted by Crippen LogP contribution is -2.30. The van der Waals surface area contributed by atoms with E-state index in [-0.39, 0.29) is 12.1 Å². The monoisotopic (exact) mass is 490 g/mol. The van der Waals surface area contributed by atoms with Crippen molar-refractivity contribution in [2.45, 2.75) is 44.7 Å². The highest BCUT2D eigenvalue weighted by atomic mass is 32.2. The van der Waals surface area contributed by atoms with Gasteiger partial charge in [-0.05, 0) is 39.8 Å². The highest BCUT2D eigenvalue weighted by Crippen LogP contribution is 2.29. The molecule has 6 nitrogen and oxygen atoms in total. The number of nitrogens with one attached hydrogen (secondary N) is 1. The number of hydrogen-bond donors (Lipinski definition) is 1. The second-order valence-corrected chi connectivity index (χ2v) is 9.85. The van der Waals surface area contributed by atoms with Gasteiger partial charge in [-0.25, -0.2) is 13.1 Å². The summed E-state index contributed by atoms with van der Waals surface area (Å²) in [7, 11) is -3.31. The van der Waals surface area contributed by atoms with Gasteiger partial charge in [-0.3, -0.25) is 0 Å². The van der Waals surface area contributed by atoms with E-state index in [1.807, 2.05) is 36.4 Å². The molecular formula is C28H34N4O2S. The lowest BCUT2D eigenvalue weighted by molar-refractivity contribution is 0.468. The molecule has 1 heterocycles. The summed E-state index contributed by atoms with van der Waals surface area (Å²) in [6.45, 7) is 13.8. The number of rotatable bonds is 6. The molecule has 0 bridgehead atoms. The number of benzene rings is 3. The molecule has 0 atom stereocenters. The summed E-state index contributed by atoms with van der Waals surface area (Å²) in [6.07, 6.45) is 0.